The molecule has 2 rings (SSSR count). The van der Waals surface area contributed by atoms with Gasteiger partial charge in [0.1, 0.15) is 0 Å². The molecule has 110 valence electrons. The van der Waals surface area contributed by atoms with Crippen LogP contribution < -0.4 is 5.32 Å². The van der Waals surface area contributed by atoms with Crippen molar-refractivity contribution in [2.45, 2.75) is 44.8 Å². The molecule has 0 radical (unpaired) electrons. The maximum Gasteiger partial charge on any atom is 0.308 e. The van der Waals surface area contributed by atoms with Gasteiger partial charge in [-0.3, -0.25) is 4.79 Å². The zero-order valence-electron chi connectivity index (χ0n) is 12.0. The fraction of sp³-hybridized carbons (Fsp3) is 0.562. The molecule has 2 atom stereocenters. The Morgan fingerprint density at radius 3 is 2.95 bits per heavy atom. The minimum Gasteiger partial charge on any atom is -0.466 e. The Bertz CT molecular complexity index is 447. The first-order valence-electron chi connectivity index (χ1n) is 7.33. The van der Waals surface area contributed by atoms with Crippen molar-refractivity contribution in [1.82, 2.24) is 5.32 Å². The fourth-order valence-electron chi connectivity index (χ4n) is 2.66. The predicted octanol–water partition coefficient (Wildman–Crippen LogP) is 1.45. The van der Waals surface area contributed by atoms with Crippen molar-refractivity contribution in [3.05, 3.63) is 35.4 Å². The van der Waals surface area contributed by atoms with Crippen LogP contribution in [-0.2, 0) is 22.4 Å². The lowest BCUT2D eigenvalue weighted by Gasteiger charge is -2.26. The minimum atomic E-state index is -0.675. The number of ether oxygens (including phenoxy) is 1. The minimum absolute atomic E-state index is 0.0597. The third-order valence-corrected chi connectivity index (χ3v) is 3.70. The fourth-order valence-corrected chi connectivity index (χ4v) is 2.66. The van der Waals surface area contributed by atoms with Gasteiger partial charge in [0.15, 0.2) is 0 Å². The number of rotatable bonds is 6. The predicted molar refractivity (Wildman–Crippen MR) is 77.5 cm³/mol. The number of nitrogens with one attached hydrogen (secondary N) is 1. The number of carbonyl (C=O) groups is 1. The van der Waals surface area contributed by atoms with Crippen molar-refractivity contribution in [3.63, 3.8) is 0 Å². The first-order valence-corrected chi connectivity index (χ1v) is 7.33. The summed E-state index contributed by atoms with van der Waals surface area (Å²) in [5.41, 5.74) is 2.81. The largest absolute Gasteiger partial charge is 0.466 e. The summed E-state index contributed by atoms with van der Waals surface area (Å²) in [6.45, 7) is 2.56. The van der Waals surface area contributed by atoms with E-state index in [1.54, 1.807) is 6.92 Å². The van der Waals surface area contributed by atoms with E-state index in [2.05, 4.69) is 29.6 Å². The van der Waals surface area contributed by atoms with Gasteiger partial charge in [-0.15, -0.1) is 0 Å². The second-order valence-electron chi connectivity index (χ2n) is 5.28. The number of hydrogen-bond donors (Lipinski definition) is 2. The van der Waals surface area contributed by atoms with Crippen LogP contribution in [0.15, 0.2) is 24.3 Å². The van der Waals surface area contributed by atoms with Gasteiger partial charge in [0, 0.05) is 12.6 Å². The molecule has 2 N–H and O–H groups in total. The number of aryl methyl sites for hydroxylation is 1. The lowest BCUT2D eigenvalue weighted by atomic mass is 9.88. The lowest BCUT2D eigenvalue weighted by Crippen LogP contribution is -2.39. The molecule has 1 aliphatic carbocycles. The maximum absolute atomic E-state index is 11.3. The number of benzene rings is 1. The Balaban J connectivity index is 1.74. The van der Waals surface area contributed by atoms with E-state index in [1.807, 2.05) is 0 Å². The number of hydrogen-bond acceptors (Lipinski definition) is 4. The molecule has 1 aliphatic rings. The van der Waals surface area contributed by atoms with Gasteiger partial charge in [-0.05, 0) is 37.3 Å². The van der Waals surface area contributed by atoms with Crippen molar-refractivity contribution in [2.24, 2.45) is 0 Å². The molecule has 0 spiro atoms. The number of fused-ring (bicyclic) bond motifs is 1. The molecular formula is C16H23NO3. The smallest absolute Gasteiger partial charge is 0.308 e. The average Bonchev–Trinajstić information content (AvgIpc) is 2.45. The van der Waals surface area contributed by atoms with Gasteiger partial charge >= 0.3 is 5.97 Å². The molecule has 0 amide bonds. The summed E-state index contributed by atoms with van der Waals surface area (Å²) in [6, 6.07) is 8.87. The van der Waals surface area contributed by atoms with Gasteiger partial charge < -0.3 is 15.2 Å². The van der Waals surface area contributed by atoms with Crippen molar-refractivity contribution < 1.29 is 14.6 Å². The Morgan fingerprint density at radius 2 is 2.20 bits per heavy atom. The molecule has 0 bridgehead atoms. The van der Waals surface area contributed by atoms with Crippen LogP contribution in [0.1, 0.15) is 30.9 Å². The normalized spacial score (nSPS) is 19.2. The quantitative estimate of drug-likeness (QED) is 0.773. The maximum atomic E-state index is 11.3. The van der Waals surface area contributed by atoms with E-state index in [-0.39, 0.29) is 12.4 Å². The zero-order valence-corrected chi connectivity index (χ0v) is 12.0. The Hall–Kier alpha value is -1.39. The molecule has 0 heterocycles. The monoisotopic (exact) mass is 277 g/mol. The summed E-state index contributed by atoms with van der Waals surface area (Å²) < 4.78 is 4.82. The third-order valence-electron chi connectivity index (χ3n) is 3.70. The van der Waals surface area contributed by atoms with Crippen LogP contribution in [0.4, 0.5) is 0 Å². The first kappa shape index (κ1) is 15.0. The molecule has 1 aromatic rings. The Morgan fingerprint density at radius 1 is 1.45 bits per heavy atom. The third kappa shape index (κ3) is 4.32. The van der Waals surface area contributed by atoms with Crippen molar-refractivity contribution >= 4 is 5.97 Å². The van der Waals surface area contributed by atoms with Crippen LogP contribution in [0.5, 0.6) is 0 Å². The molecule has 0 fully saturated rings. The Kier molecular flexibility index (Phi) is 5.56. The lowest BCUT2D eigenvalue weighted by molar-refractivity contribution is -0.145. The molecule has 2 unspecified atom stereocenters. The van der Waals surface area contributed by atoms with Gasteiger partial charge in [-0.25, -0.2) is 0 Å². The van der Waals surface area contributed by atoms with Crippen molar-refractivity contribution in [3.8, 4) is 0 Å². The second-order valence-corrected chi connectivity index (χ2v) is 5.28. The van der Waals surface area contributed by atoms with Crippen LogP contribution in [0.2, 0.25) is 0 Å². The summed E-state index contributed by atoms with van der Waals surface area (Å²) in [5, 5.41) is 13.2. The molecule has 0 saturated carbocycles. The van der Waals surface area contributed by atoms with Crippen LogP contribution in [0.3, 0.4) is 0 Å². The molecule has 0 aromatic heterocycles. The van der Waals surface area contributed by atoms with Gasteiger partial charge in [0.25, 0.3) is 0 Å². The highest BCUT2D eigenvalue weighted by Gasteiger charge is 2.19. The summed E-state index contributed by atoms with van der Waals surface area (Å²) in [7, 11) is 0. The summed E-state index contributed by atoms with van der Waals surface area (Å²) in [6.07, 6.45) is 2.52. The molecule has 4 nitrogen and oxygen atoms in total. The van der Waals surface area contributed by atoms with E-state index >= 15 is 0 Å². The highest BCUT2D eigenvalue weighted by molar-refractivity contribution is 5.69. The zero-order chi connectivity index (χ0) is 14.4. The van der Waals surface area contributed by atoms with Crippen LogP contribution in [-0.4, -0.2) is 36.4 Å². The van der Waals surface area contributed by atoms with E-state index in [0.29, 0.717) is 19.2 Å². The summed E-state index contributed by atoms with van der Waals surface area (Å²) >= 11 is 0. The van der Waals surface area contributed by atoms with E-state index in [0.717, 1.165) is 19.3 Å². The van der Waals surface area contributed by atoms with E-state index in [9.17, 15) is 9.90 Å². The first-order chi connectivity index (χ1) is 9.69. The number of carbonyl (C=O) groups excluding carboxylic acids is 1. The van der Waals surface area contributed by atoms with Gasteiger partial charge in [0.05, 0.1) is 19.1 Å². The highest BCUT2D eigenvalue weighted by atomic mass is 16.5. The molecular weight excluding hydrogens is 254 g/mol. The number of aliphatic hydroxyl groups excluding tert-OH is 1. The molecule has 0 saturated heterocycles. The molecule has 1 aromatic carbocycles. The number of aliphatic hydroxyl groups is 1. The van der Waals surface area contributed by atoms with E-state index in [1.165, 1.54) is 11.1 Å². The van der Waals surface area contributed by atoms with Crippen molar-refractivity contribution in [2.75, 3.05) is 13.2 Å². The summed E-state index contributed by atoms with van der Waals surface area (Å²) in [5.74, 6) is -0.337. The highest BCUT2D eigenvalue weighted by Crippen LogP contribution is 2.20. The van der Waals surface area contributed by atoms with Crippen LogP contribution >= 0.6 is 0 Å². The topological polar surface area (TPSA) is 58.6 Å². The van der Waals surface area contributed by atoms with E-state index < -0.39 is 6.10 Å². The molecule has 20 heavy (non-hydrogen) atoms. The SMILES string of the molecule is CCOC(=O)CC(O)CNC1CCc2ccccc2C1. The molecule has 0 aliphatic heterocycles. The van der Waals surface area contributed by atoms with Gasteiger partial charge in [0.2, 0.25) is 0 Å². The van der Waals surface area contributed by atoms with Crippen molar-refractivity contribution in [1.29, 1.82) is 0 Å². The summed E-state index contributed by atoms with van der Waals surface area (Å²) in [4.78, 5) is 11.3. The van der Waals surface area contributed by atoms with Gasteiger partial charge in [-0.2, -0.15) is 0 Å². The molecule has 4 heteroatoms. The second kappa shape index (κ2) is 7.41. The Labute approximate surface area is 120 Å². The number of esters is 1. The van der Waals surface area contributed by atoms with Crippen LogP contribution in [0.25, 0.3) is 0 Å². The van der Waals surface area contributed by atoms with Gasteiger partial charge in [-0.1, -0.05) is 24.3 Å². The van der Waals surface area contributed by atoms with Crippen LogP contribution in [0, 0.1) is 0 Å². The average molecular weight is 277 g/mol. The standard InChI is InChI=1S/C16H23NO3/c1-2-20-16(19)10-15(18)11-17-14-8-7-12-5-3-4-6-13(12)9-14/h3-6,14-15,17-18H,2,7-11H2,1H3. The van der Waals surface area contributed by atoms with E-state index in [4.69, 9.17) is 4.74 Å².